The van der Waals surface area contributed by atoms with E-state index in [2.05, 4.69) is 6.07 Å². The van der Waals surface area contributed by atoms with E-state index in [0.717, 1.165) is 11.1 Å². The number of rotatable bonds is 1. The van der Waals surface area contributed by atoms with Gasteiger partial charge in [-0.3, -0.25) is 4.79 Å². The zero-order valence-electron chi connectivity index (χ0n) is 15.4. The second kappa shape index (κ2) is 8.45. The van der Waals surface area contributed by atoms with Crippen LogP contribution < -0.4 is 0 Å². The number of halogens is 1. The quantitative estimate of drug-likeness (QED) is 0.697. The molecule has 0 radical (unpaired) electrons. The zero-order chi connectivity index (χ0) is 19.4. The lowest BCUT2D eigenvalue weighted by Gasteiger charge is -2.38. The number of hydrogen-bond acceptors (Lipinski definition) is 3. The molecule has 0 unspecified atom stereocenters. The molecular formula is C20H23ClN4O2. The predicted molar refractivity (Wildman–Crippen MR) is 104 cm³/mol. The van der Waals surface area contributed by atoms with Crippen LogP contribution in [0.15, 0.2) is 29.8 Å². The standard InChI is InChI=1S/C20H23ClN4O2/c1-15(26)23-9-11-25(12-10-23)20(27)24-7-5-16(6-8-24)19(14-22)17-3-2-4-18(21)13-17/h2-4,13H,5-12H2,1H3. The molecule has 2 heterocycles. The van der Waals surface area contributed by atoms with Crippen molar-refractivity contribution in [1.82, 2.24) is 14.7 Å². The fourth-order valence-corrected chi connectivity index (χ4v) is 3.81. The number of nitrogens with zero attached hydrogens (tertiary/aromatic N) is 4. The first-order valence-electron chi connectivity index (χ1n) is 9.17. The Morgan fingerprint density at radius 2 is 1.59 bits per heavy atom. The van der Waals surface area contributed by atoms with Gasteiger partial charge in [-0.05, 0) is 36.1 Å². The van der Waals surface area contributed by atoms with Crippen molar-refractivity contribution in [2.24, 2.45) is 0 Å². The molecule has 3 rings (SSSR count). The third kappa shape index (κ3) is 4.42. The summed E-state index contributed by atoms with van der Waals surface area (Å²) in [5, 5.41) is 10.2. The molecule has 0 spiro atoms. The van der Waals surface area contributed by atoms with Gasteiger partial charge in [-0.15, -0.1) is 0 Å². The van der Waals surface area contributed by atoms with Gasteiger partial charge in [-0.2, -0.15) is 5.26 Å². The zero-order valence-corrected chi connectivity index (χ0v) is 16.2. The molecule has 0 aliphatic carbocycles. The van der Waals surface area contributed by atoms with Crippen molar-refractivity contribution in [1.29, 1.82) is 5.26 Å². The largest absolute Gasteiger partial charge is 0.339 e. The van der Waals surface area contributed by atoms with E-state index in [-0.39, 0.29) is 11.9 Å². The molecule has 0 bridgehead atoms. The van der Waals surface area contributed by atoms with E-state index in [9.17, 15) is 14.9 Å². The van der Waals surface area contributed by atoms with Crippen molar-refractivity contribution in [3.8, 4) is 6.07 Å². The summed E-state index contributed by atoms with van der Waals surface area (Å²) in [6.07, 6.45) is 1.38. The molecule has 6 nitrogen and oxygen atoms in total. The van der Waals surface area contributed by atoms with Gasteiger partial charge in [0.25, 0.3) is 0 Å². The Hall–Kier alpha value is -2.52. The maximum absolute atomic E-state index is 12.7. The number of carbonyl (C=O) groups excluding carboxylic acids is 2. The smallest absolute Gasteiger partial charge is 0.320 e. The Morgan fingerprint density at radius 1 is 1.00 bits per heavy atom. The van der Waals surface area contributed by atoms with E-state index in [4.69, 9.17) is 11.6 Å². The number of piperidine rings is 1. The van der Waals surface area contributed by atoms with Crippen LogP contribution in [0.1, 0.15) is 25.3 Å². The highest BCUT2D eigenvalue weighted by Crippen LogP contribution is 2.28. The number of hydrogen-bond donors (Lipinski definition) is 0. The first kappa shape index (κ1) is 19.2. The highest BCUT2D eigenvalue weighted by atomic mass is 35.5. The third-order valence-corrected chi connectivity index (χ3v) is 5.45. The molecule has 2 aliphatic rings. The maximum atomic E-state index is 12.7. The Kier molecular flexibility index (Phi) is 6.02. The first-order valence-corrected chi connectivity index (χ1v) is 9.55. The summed E-state index contributed by atoms with van der Waals surface area (Å²) in [5.41, 5.74) is 2.57. The Bertz CT molecular complexity index is 796. The number of carbonyl (C=O) groups is 2. The summed E-state index contributed by atoms with van der Waals surface area (Å²) in [6.45, 7) is 5.09. The number of allylic oxidation sites excluding steroid dienone is 1. The van der Waals surface area contributed by atoms with Gasteiger partial charge in [-0.1, -0.05) is 23.7 Å². The van der Waals surface area contributed by atoms with E-state index < -0.39 is 0 Å². The van der Waals surface area contributed by atoms with Crippen molar-refractivity contribution < 1.29 is 9.59 Å². The van der Waals surface area contributed by atoms with Crippen LogP contribution in [-0.4, -0.2) is 65.9 Å². The van der Waals surface area contributed by atoms with E-state index in [1.165, 1.54) is 0 Å². The second-order valence-corrected chi connectivity index (χ2v) is 7.30. The van der Waals surface area contributed by atoms with Crippen molar-refractivity contribution in [3.05, 3.63) is 40.4 Å². The third-order valence-electron chi connectivity index (χ3n) is 5.21. The van der Waals surface area contributed by atoms with Gasteiger partial charge in [0.15, 0.2) is 0 Å². The summed E-state index contributed by atoms with van der Waals surface area (Å²) in [5.74, 6) is 0.0555. The first-order chi connectivity index (χ1) is 13.0. The Morgan fingerprint density at radius 3 is 2.15 bits per heavy atom. The number of amides is 3. The molecule has 142 valence electrons. The molecule has 0 atom stereocenters. The molecule has 2 saturated heterocycles. The SMILES string of the molecule is CC(=O)N1CCN(C(=O)N2CCC(=C(C#N)c3cccc(Cl)c3)CC2)CC1. The molecule has 27 heavy (non-hydrogen) atoms. The van der Waals surface area contributed by atoms with Crippen molar-refractivity contribution >= 4 is 29.1 Å². The average Bonchev–Trinajstić information content (AvgIpc) is 2.69. The number of benzene rings is 1. The number of urea groups is 1. The molecular weight excluding hydrogens is 364 g/mol. The van der Waals surface area contributed by atoms with Gasteiger partial charge < -0.3 is 14.7 Å². The predicted octanol–water partition coefficient (Wildman–Crippen LogP) is 3.00. The lowest BCUT2D eigenvalue weighted by atomic mass is 9.94. The van der Waals surface area contributed by atoms with Gasteiger partial charge in [0.2, 0.25) is 5.91 Å². The molecule has 0 N–H and O–H groups in total. The van der Waals surface area contributed by atoms with Crippen LogP contribution in [-0.2, 0) is 4.79 Å². The van der Waals surface area contributed by atoms with Crippen LogP contribution in [0.2, 0.25) is 5.02 Å². The van der Waals surface area contributed by atoms with Crippen LogP contribution in [0, 0.1) is 11.3 Å². The van der Waals surface area contributed by atoms with Crippen molar-refractivity contribution in [2.75, 3.05) is 39.3 Å². The van der Waals surface area contributed by atoms with Gasteiger partial charge >= 0.3 is 6.03 Å². The molecule has 2 aliphatic heterocycles. The molecule has 1 aromatic carbocycles. The van der Waals surface area contributed by atoms with E-state index in [1.54, 1.807) is 24.0 Å². The molecule has 0 saturated carbocycles. The summed E-state index contributed by atoms with van der Waals surface area (Å²) in [7, 11) is 0. The fourth-order valence-electron chi connectivity index (χ4n) is 3.62. The number of likely N-dealkylation sites (tertiary alicyclic amines) is 1. The molecule has 3 amide bonds. The van der Waals surface area contributed by atoms with E-state index in [1.807, 2.05) is 21.9 Å². The summed E-state index contributed by atoms with van der Waals surface area (Å²) in [4.78, 5) is 29.6. The van der Waals surface area contributed by atoms with Gasteiger partial charge in [0.1, 0.15) is 0 Å². The van der Waals surface area contributed by atoms with Crippen LogP contribution in [0.3, 0.4) is 0 Å². The minimum Gasteiger partial charge on any atom is -0.339 e. The minimum atomic E-state index is 0.0264. The highest BCUT2D eigenvalue weighted by molar-refractivity contribution is 6.30. The Balaban J connectivity index is 1.62. The summed E-state index contributed by atoms with van der Waals surface area (Å²) in [6, 6.07) is 9.66. The van der Waals surface area contributed by atoms with Crippen LogP contribution >= 0.6 is 11.6 Å². The average molecular weight is 387 g/mol. The maximum Gasteiger partial charge on any atom is 0.320 e. The normalized spacial score (nSPS) is 17.5. The van der Waals surface area contributed by atoms with Crippen LogP contribution in [0.25, 0.3) is 5.57 Å². The van der Waals surface area contributed by atoms with Crippen LogP contribution in [0.4, 0.5) is 4.79 Å². The van der Waals surface area contributed by atoms with Crippen LogP contribution in [0.5, 0.6) is 0 Å². The Labute approximate surface area is 164 Å². The molecule has 2 fully saturated rings. The van der Waals surface area contributed by atoms with Gasteiger partial charge in [0, 0.05) is 51.2 Å². The van der Waals surface area contributed by atoms with Gasteiger partial charge in [0.05, 0.1) is 11.6 Å². The topological polar surface area (TPSA) is 67.7 Å². The molecule has 1 aromatic rings. The lowest BCUT2D eigenvalue weighted by Crippen LogP contribution is -2.54. The number of nitriles is 1. The molecule has 0 aromatic heterocycles. The number of piperazine rings is 1. The van der Waals surface area contributed by atoms with Gasteiger partial charge in [-0.25, -0.2) is 4.79 Å². The fraction of sp³-hybridized carbons (Fsp3) is 0.450. The van der Waals surface area contributed by atoms with E-state index in [0.29, 0.717) is 62.7 Å². The molecule has 7 heteroatoms. The second-order valence-electron chi connectivity index (χ2n) is 6.86. The van der Waals surface area contributed by atoms with E-state index >= 15 is 0 Å². The van der Waals surface area contributed by atoms with Crippen molar-refractivity contribution in [3.63, 3.8) is 0 Å². The highest BCUT2D eigenvalue weighted by Gasteiger charge is 2.28. The van der Waals surface area contributed by atoms with Crippen molar-refractivity contribution in [2.45, 2.75) is 19.8 Å². The monoisotopic (exact) mass is 386 g/mol. The minimum absolute atomic E-state index is 0.0264. The summed E-state index contributed by atoms with van der Waals surface area (Å²) < 4.78 is 0. The summed E-state index contributed by atoms with van der Waals surface area (Å²) >= 11 is 6.05. The lowest BCUT2D eigenvalue weighted by molar-refractivity contribution is -0.130.